The molecular weight excluding hydrogens is 238 g/mol. The Kier molecular flexibility index (Phi) is 7.01. The Balaban J connectivity index is 2.24. The Bertz CT molecular complexity index is 373. The van der Waals surface area contributed by atoms with Gasteiger partial charge in [0.1, 0.15) is 0 Å². The highest BCUT2D eigenvalue weighted by Crippen LogP contribution is 2.10. The maximum atomic E-state index is 11.7. The number of nitrogen functional groups attached to an aromatic ring is 1. The number of ether oxygens (including phenoxy) is 1. The van der Waals surface area contributed by atoms with Crippen LogP contribution in [0.5, 0.6) is 0 Å². The lowest BCUT2D eigenvalue weighted by atomic mass is 10.1. The van der Waals surface area contributed by atoms with E-state index in [1.807, 2.05) is 19.1 Å². The fourth-order valence-electron chi connectivity index (χ4n) is 1.99. The minimum atomic E-state index is -0.159. The average Bonchev–Trinajstić information content (AvgIpc) is 2.37. The Hall–Kier alpha value is -1.51. The van der Waals surface area contributed by atoms with Crippen molar-refractivity contribution in [2.45, 2.75) is 58.5 Å². The Labute approximate surface area is 116 Å². The van der Waals surface area contributed by atoms with Crippen LogP contribution in [0.3, 0.4) is 0 Å². The Morgan fingerprint density at radius 3 is 2.53 bits per heavy atom. The van der Waals surface area contributed by atoms with Crippen molar-refractivity contribution in [3.63, 3.8) is 0 Å². The molecule has 0 aliphatic rings. The summed E-state index contributed by atoms with van der Waals surface area (Å²) in [5, 5.41) is 0. The maximum Gasteiger partial charge on any atom is 0.310 e. The van der Waals surface area contributed by atoms with Crippen LogP contribution < -0.4 is 5.73 Å². The third-order valence-electron chi connectivity index (χ3n) is 3.13. The van der Waals surface area contributed by atoms with Gasteiger partial charge in [-0.1, -0.05) is 38.3 Å². The molecule has 19 heavy (non-hydrogen) atoms. The minimum Gasteiger partial charge on any atom is -0.462 e. The highest BCUT2D eigenvalue weighted by atomic mass is 16.5. The summed E-state index contributed by atoms with van der Waals surface area (Å²) in [5.74, 6) is -0.159. The molecule has 0 aromatic heterocycles. The first-order valence-electron chi connectivity index (χ1n) is 7.15. The zero-order chi connectivity index (χ0) is 14.1. The maximum absolute atomic E-state index is 11.7. The lowest BCUT2D eigenvalue weighted by Crippen LogP contribution is -2.16. The number of carbonyl (C=O) groups excluding carboxylic acids is 1. The van der Waals surface area contributed by atoms with Gasteiger partial charge in [-0.15, -0.1) is 0 Å². The molecule has 1 aromatic rings. The summed E-state index contributed by atoms with van der Waals surface area (Å²) < 4.78 is 5.39. The highest BCUT2D eigenvalue weighted by Gasteiger charge is 2.10. The zero-order valence-electron chi connectivity index (χ0n) is 12.0. The molecule has 1 unspecified atom stereocenters. The van der Waals surface area contributed by atoms with Crippen molar-refractivity contribution in [2.24, 2.45) is 0 Å². The second kappa shape index (κ2) is 8.57. The SMILES string of the molecule is CCCCCCC(C)OC(=O)Cc1ccc(N)cc1. The molecule has 0 aliphatic carbocycles. The van der Waals surface area contributed by atoms with E-state index in [1.165, 1.54) is 19.3 Å². The predicted octanol–water partition coefficient (Wildman–Crippen LogP) is 3.71. The molecule has 0 heterocycles. The molecule has 106 valence electrons. The fourth-order valence-corrected chi connectivity index (χ4v) is 1.99. The van der Waals surface area contributed by atoms with Gasteiger partial charge in [0.2, 0.25) is 0 Å². The molecule has 0 fully saturated rings. The number of esters is 1. The van der Waals surface area contributed by atoms with Gasteiger partial charge in [0.15, 0.2) is 0 Å². The second-order valence-electron chi connectivity index (χ2n) is 5.07. The van der Waals surface area contributed by atoms with Gasteiger partial charge >= 0.3 is 5.97 Å². The van der Waals surface area contributed by atoms with Crippen LogP contribution in [0.1, 0.15) is 51.5 Å². The number of benzene rings is 1. The molecule has 3 nitrogen and oxygen atoms in total. The lowest BCUT2D eigenvalue weighted by molar-refractivity contribution is -0.147. The zero-order valence-corrected chi connectivity index (χ0v) is 12.0. The molecule has 3 heteroatoms. The molecule has 0 amide bonds. The topological polar surface area (TPSA) is 52.3 Å². The first-order valence-corrected chi connectivity index (χ1v) is 7.15. The van der Waals surface area contributed by atoms with Crippen LogP contribution in [0.2, 0.25) is 0 Å². The van der Waals surface area contributed by atoms with Gasteiger partial charge in [-0.05, 0) is 37.5 Å². The van der Waals surface area contributed by atoms with Crippen molar-refractivity contribution in [1.29, 1.82) is 0 Å². The van der Waals surface area contributed by atoms with E-state index in [0.717, 1.165) is 18.4 Å². The first kappa shape index (κ1) is 15.5. The monoisotopic (exact) mass is 263 g/mol. The molecule has 0 saturated heterocycles. The molecule has 0 radical (unpaired) electrons. The molecule has 0 spiro atoms. The summed E-state index contributed by atoms with van der Waals surface area (Å²) in [4.78, 5) is 11.7. The third kappa shape index (κ3) is 6.85. The van der Waals surface area contributed by atoms with Crippen LogP contribution in [0.15, 0.2) is 24.3 Å². The van der Waals surface area contributed by atoms with Crippen molar-refractivity contribution in [3.8, 4) is 0 Å². The van der Waals surface area contributed by atoms with Crippen molar-refractivity contribution in [1.82, 2.24) is 0 Å². The number of nitrogens with two attached hydrogens (primary N) is 1. The fraction of sp³-hybridized carbons (Fsp3) is 0.562. The number of anilines is 1. The van der Waals surface area contributed by atoms with Gasteiger partial charge in [0, 0.05) is 5.69 Å². The molecule has 1 aromatic carbocycles. The van der Waals surface area contributed by atoms with Crippen LogP contribution in [-0.2, 0) is 16.0 Å². The van der Waals surface area contributed by atoms with Crippen LogP contribution in [-0.4, -0.2) is 12.1 Å². The molecular formula is C16H25NO2. The second-order valence-corrected chi connectivity index (χ2v) is 5.07. The summed E-state index contributed by atoms with van der Waals surface area (Å²) in [5.41, 5.74) is 7.25. The van der Waals surface area contributed by atoms with Gasteiger partial charge in [-0.2, -0.15) is 0 Å². The molecule has 0 bridgehead atoms. The molecule has 2 N–H and O–H groups in total. The summed E-state index contributed by atoms with van der Waals surface area (Å²) in [7, 11) is 0. The normalized spacial score (nSPS) is 12.1. The first-order chi connectivity index (χ1) is 9.11. The van der Waals surface area contributed by atoms with E-state index in [0.29, 0.717) is 12.1 Å². The molecule has 1 atom stereocenters. The summed E-state index contributed by atoms with van der Waals surface area (Å²) in [6.45, 7) is 4.16. The van der Waals surface area contributed by atoms with Crippen molar-refractivity contribution in [3.05, 3.63) is 29.8 Å². The Morgan fingerprint density at radius 2 is 1.89 bits per heavy atom. The van der Waals surface area contributed by atoms with Crippen LogP contribution in [0, 0.1) is 0 Å². The largest absolute Gasteiger partial charge is 0.462 e. The van der Waals surface area contributed by atoms with E-state index in [1.54, 1.807) is 12.1 Å². The van der Waals surface area contributed by atoms with Gasteiger partial charge in [-0.25, -0.2) is 0 Å². The van der Waals surface area contributed by atoms with E-state index in [-0.39, 0.29) is 12.1 Å². The summed E-state index contributed by atoms with van der Waals surface area (Å²) in [6, 6.07) is 7.33. The number of carbonyl (C=O) groups is 1. The number of rotatable bonds is 8. The lowest BCUT2D eigenvalue weighted by Gasteiger charge is -2.13. The summed E-state index contributed by atoms with van der Waals surface area (Å²) in [6.07, 6.45) is 6.11. The molecule has 0 saturated carbocycles. The smallest absolute Gasteiger partial charge is 0.310 e. The minimum absolute atomic E-state index is 0.0122. The predicted molar refractivity (Wildman–Crippen MR) is 78.9 cm³/mol. The van der Waals surface area contributed by atoms with Crippen LogP contribution >= 0.6 is 0 Å². The van der Waals surface area contributed by atoms with E-state index in [9.17, 15) is 4.79 Å². The number of hydrogen-bond donors (Lipinski definition) is 1. The molecule has 0 aliphatic heterocycles. The van der Waals surface area contributed by atoms with Gasteiger partial charge in [0.25, 0.3) is 0 Å². The summed E-state index contributed by atoms with van der Waals surface area (Å²) >= 11 is 0. The van der Waals surface area contributed by atoms with Crippen LogP contribution in [0.4, 0.5) is 5.69 Å². The van der Waals surface area contributed by atoms with Gasteiger partial charge in [0.05, 0.1) is 12.5 Å². The van der Waals surface area contributed by atoms with Crippen LogP contribution in [0.25, 0.3) is 0 Å². The van der Waals surface area contributed by atoms with Gasteiger partial charge < -0.3 is 10.5 Å². The van der Waals surface area contributed by atoms with E-state index in [4.69, 9.17) is 10.5 Å². The number of unbranched alkanes of at least 4 members (excludes halogenated alkanes) is 3. The van der Waals surface area contributed by atoms with Crippen molar-refractivity contribution < 1.29 is 9.53 Å². The van der Waals surface area contributed by atoms with E-state index in [2.05, 4.69) is 6.92 Å². The average molecular weight is 263 g/mol. The van der Waals surface area contributed by atoms with Crippen molar-refractivity contribution in [2.75, 3.05) is 5.73 Å². The Morgan fingerprint density at radius 1 is 1.21 bits per heavy atom. The quantitative estimate of drug-likeness (QED) is 0.442. The number of hydrogen-bond acceptors (Lipinski definition) is 3. The third-order valence-corrected chi connectivity index (χ3v) is 3.13. The molecule has 1 rings (SSSR count). The van der Waals surface area contributed by atoms with Crippen molar-refractivity contribution >= 4 is 11.7 Å². The standard InChI is InChI=1S/C16H25NO2/c1-3-4-5-6-7-13(2)19-16(18)12-14-8-10-15(17)11-9-14/h8-11,13H,3-7,12,17H2,1-2H3. The van der Waals surface area contributed by atoms with E-state index < -0.39 is 0 Å². The highest BCUT2D eigenvalue weighted by molar-refractivity contribution is 5.72. The van der Waals surface area contributed by atoms with Gasteiger partial charge in [-0.3, -0.25) is 4.79 Å². The van der Waals surface area contributed by atoms with E-state index >= 15 is 0 Å².